The molecule has 0 atom stereocenters. The predicted octanol–water partition coefficient (Wildman–Crippen LogP) is 5.11. The number of para-hydroxylation sites is 2. The molecule has 0 radical (unpaired) electrons. The van der Waals surface area contributed by atoms with E-state index in [4.69, 9.17) is 16.3 Å². The van der Waals surface area contributed by atoms with Crippen LogP contribution < -0.4 is 19.9 Å². The molecule has 0 spiro atoms. The number of ether oxygens (including phenoxy) is 1. The van der Waals surface area contributed by atoms with Crippen molar-refractivity contribution < 1.29 is 19.1 Å². The summed E-state index contributed by atoms with van der Waals surface area (Å²) in [5.74, 6) is -1.10. The lowest BCUT2D eigenvalue weighted by molar-refractivity contribution is -0.120. The lowest BCUT2D eigenvalue weighted by Gasteiger charge is -2.22. The molecular formula is C27H24ClN3O4. The molecule has 3 amide bonds. The highest BCUT2D eigenvalue weighted by atomic mass is 35.5. The van der Waals surface area contributed by atoms with E-state index in [1.54, 1.807) is 53.4 Å². The fourth-order valence-corrected chi connectivity index (χ4v) is 4.13. The Kier molecular flexibility index (Phi) is 6.89. The van der Waals surface area contributed by atoms with Crippen molar-refractivity contribution >= 4 is 46.4 Å². The summed E-state index contributed by atoms with van der Waals surface area (Å²) in [6.45, 7) is 4.36. The molecule has 4 rings (SSSR count). The minimum atomic E-state index is -0.660. The monoisotopic (exact) mass is 489 g/mol. The zero-order valence-electron chi connectivity index (χ0n) is 19.5. The molecule has 3 aromatic rings. The number of amides is 3. The van der Waals surface area contributed by atoms with Gasteiger partial charge < -0.3 is 15.0 Å². The first-order valence-electron chi connectivity index (χ1n) is 11.0. The molecule has 0 aromatic heterocycles. The zero-order valence-corrected chi connectivity index (χ0v) is 20.3. The average molecular weight is 490 g/mol. The van der Waals surface area contributed by atoms with Gasteiger partial charge in [-0.3, -0.25) is 14.4 Å². The largest absolute Gasteiger partial charge is 0.495 e. The molecule has 0 saturated heterocycles. The number of aryl methyl sites for hydroxylation is 1. The summed E-state index contributed by atoms with van der Waals surface area (Å²) in [5, 5.41) is 2.69. The van der Waals surface area contributed by atoms with Crippen LogP contribution in [-0.2, 0) is 9.59 Å². The molecule has 3 aromatic carbocycles. The Bertz CT molecular complexity index is 1350. The van der Waals surface area contributed by atoms with Crippen molar-refractivity contribution in [2.45, 2.75) is 13.8 Å². The van der Waals surface area contributed by atoms with Gasteiger partial charge in [0, 0.05) is 23.5 Å². The predicted molar refractivity (Wildman–Crippen MR) is 137 cm³/mol. The molecule has 35 heavy (non-hydrogen) atoms. The van der Waals surface area contributed by atoms with E-state index < -0.39 is 11.8 Å². The number of carbonyl (C=O) groups excluding carboxylic acids is 3. The first-order valence-corrected chi connectivity index (χ1v) is 11.4. The maximum absolute atomic E-state index is 13.3. The molecule has 178 valence electrons. The van der Waals surface area contributed by atoms with E-state index in [1.807, 2.05) is 38.1 Å². The summed E-state index contributed by atoms with van der Waals surface area (Å²) >= 11 is 6.27. The smallest absolute Gasteiger partial charge is 0.283 e. The molecule has 0 bridgehead atoms. The third kappa shape index (κ3) is 4.63. The first-order chi connectivity index (χ1) is 16.8. The molecule has 0 fully saturated rings. The van der Waals surface area contributed by atoms with Gasteiger partial charge in [-0.05, 0) is 61.9 Å². The van der Waals surface area contributed by atoms with Crippen molar-refractivity contribution in [3.63, 3.8) is 0 Å². The van der Waals surface area contributed by atoms with Crippen LogP contribution in [0.15, 0.2) is 83.5 Å². The van der Waals surface area contributed by atoms with Crippen LogP contribution in [0.2, 0.25) is 0 Å². The number of carbonyl (C=O) groups is 3. The number of halogens is 1. The van der Waals surface area contributed by atoms with Crippen LogP contribution in [0, 0.1) is 6.92 Å². The SMILES string of the molecule is CCN(C(=O)c1cccc(NC2=C(Cl)C(=O)N(c3ccccc3OC)C2=O)c1)c1cccc(C)c1. The molecule has 0 aliphatic carbocycles. The number of nitrogens with zero attached hydrogens (tertiary/aromatic N) is 2. The van der Waals surface area contributed by atoms with Crippen LogP contribution in [0.1, 0.15) is 22.8 Å². The van der Waals surface area contributed by atoms with E-state index in [9.17, 15) is 14.4 Å². The van der Waals surface area contributed by atoms with Crippen LogP contribution >= 0.6 is 11.6 Å². The van der Waals surface area contributed by atoms with E-state index in [0.29, 0.717) is 29.2 Å². The normalized spacial score (nSPS) is 13.3. The van der Waals surface area contributed by atoms with Gasteiger partial charge >= 0.3 is 0 Å². The summed E-state index contributed by atoms with van der Waals surface area (Å²) in [5.41, 5.74) is 2.94. The van der Waals surface area contributed by atoms with Crippen LogP contribution in [0.3, 0.4) is 0 Å². The second-order valence-corrected chi connectivity index (χ2v) is 8.28. The van der Waals surface area contributed by atoms with Crippen molar-refractivity contribution in [2.75, 3.05) is 28.8 Å². The number of benzene rings is 3. The van der Waals surface area contributed by atoms with Crippen molar-refractivity contribution in [2.24, 2.45) is 0 Å². The van der Waals surface area contributed by atoms with E-state index in [0.717, 1.165) is 16.2 Å². The quantitative estimate of drug-likeness (QED) is 0.467. The van der Waals surface area contributed by atoms with Gasteiger partial charge in [0.25, 0.3) is 17.7 Å². The summed E-state index contributed by atoms with van der Waals surface area (Å²) in [7, 11) is 1.46. The van der Waals surface area contributed by atoms with E-state index in [2.05, 4.69) is 5.32 Å². The second-order valence-electron chi connectivity index (χ2n) is 7.90. The van der Waals surface area contributed by atoms with Gasteiger partial charge in [0.1, 0.15) is 16.5 Å². The topological polar surface area (TPSA) is 79.0 Å². The summed E-state index contributed by atoms with van der Waals surface area (Å²) in [6, 6.07) is 21.1. The van der Waals surface area contributed by atoms with Crippen LogP contribution in [-0.4, -0.2) is 31.4 Å². The summed E-state index contributed by atoms with van der Waals surface area (Å²) in [4.78, 5) is 41.9. The molecule has 1 heterocycles. The van der Waals surface area contributed by atoms with E-state index >= 15 is 0 Å². The molecule has 1 N–H and O–H groups in total. The van der Waals surface area contributed by atoms with Crippen LogP contribution in [0.4, 0.5) is 17.1 Å². The Morgan fingerprint density at radius 1 is 1.00 bits per heavy atom. The lowest BCUT2D eigenvalue weighted by atomic mass is 10.1. The van der Waals surface area contributed by atoms with E-state index in [1.165, 1.54) is 7.11 Å². The number of hydrogen-bond acceptors (Lipinski definition) is 5. The van der Waals surface area contributed by atoms with Gasteiger partial charge in [-0.15, -0.1) is 0 Å². The fraction of sp³-hybridized carbons (Fsp3) is 0.148. The highest BCUT2D eigenvalue weighted by Crippen LogP contribution is 2.35. The van der Waals surface area contributed by atoms with E-state index in [-0.39, 0.29) is 16.6 Å². The number of methoxy groups -OCH3 is 1. The standard InChI is InChI=1S/C27H24ClN3O4/c1-4-30(20-12-7-9-17(2)15-20)25(32)18-10-8-11-19(16-18)29-24-23(28)26(33)31(27(24)34)21-13-5-6-14-22(21)35-3/h5-16,29H,4H2,1-3H3. The highest BCUT2D eigenvalue weighted by Gasteiger charge is 2.40. The van der Waals surface area contributed by atoms with Gasteiger partial charge in [0.05, 0.1) is 12.8 Å². The molecule has 7 nitrogen and oxygen atoms in total. The van der Waals surface area contributed by atoms with Crippen LogP contribution in [0.5, 0.6) is 5.75 Å². The van der Waals surface area contributed by atoms with Crippen molar-refractivity contribution in [1.82, 2.24) is 0 Å². The molecule has 1 aliphatic rings. The number of hydrogen-bond donors (Lipinski definition) is 1. The lowest BCUT2D eigenvalue weighted by Crippen LogP contribution is -2.32. The average Bonchev–Trinajstić information content (AvgIpc) is 3.07. The molecular weight excluding hydrogens is 466 g/mol. The Hall–Kier alpha value is -4.10. The van der Waals surface area contributed by atoms with Crippen molar-refractivity contribution in [1.29, 1.82) is 0 Å². The maximum atomic E-state index is 13.3. The highest BCUT2D eigenvalue weighted by molar-refractivity contribution is 6.53. The number of anilines is 3. The Morgan fingerprint density at radius 3 is 2.46 bits per heavy atom. The summed E-state index contributed by atoms with van der Waals surface area (Å²) < 4.78 is 5.29. The van der Waals surface area contributed by atoms with Gasteiger partial charge in [0.15, 0.2) is 0 Å². The molecule has 8 heteroatoms. The van der Waals surface area contributed by atoms with Gasteiger partial charge in [0.2, 0.25) is 0 Å². The maximum Gasteiger partial charge on any atom is 0.283 e. The molecule has 1 aliphatic heterocycles. The Morgan fingerprint density at radius 2 is 1.74 bits per heavy atom. The third-order valence-electron chi connectivity index (χ3n) is 5.61. The van der Waals surface area contributed by atoms with Crippen LogP contribution in [0.25, 0.3) is 0 Å². The van der Waals surface area contributed by atoms with Gasteiger partial charge in [-0.25, -0.2) is 4.90 Å². The third-order valence-corrected chi connectivity index (χ3v) is 5.96. The molecule has 0 saturated carbocycles. The second kappa shape index (κ2) is 10.0. The van der Waals surface area contributed by atoms with Crippen molar-refractivity contribution in [3.05, 3.63) is 94.7 Å². The Labute approximate surface area is 208 Å². The Balaban J connectivity index is 1.60. The number of nitrogens with one attached hydrogen (secondary N) is 1. The minimum Gasteiger partial charge on any atom is -0.495 e. The van der Waals surface area contributed by atoms with Gasteiger partial charge in [-0.1, -0.05) is 41.9 Å². The van der Waals surface area contributed by atoms with Gasteiger partial charge in [-0.2, -0.15) is 0 Å². The summed E-state index contributed by atoms with van der Waals surface area (Å²) in [6.07, 6.45) is 0. The zero-order chi connectivity index (χ0) is 25.1. The number of imide groups is 1. The van der Waals surface area contributed by atoms with Crippen molar-refractivity contribution in [3.8, 4) is 5.75 Å². The molecule has 0 unspecified atom stereocenters. The minimum absolute atomic E-state index is 0.0711. The fourth-order valence-electron chi connectivity index (χ4n) is 3.91. The first kappa shape index (κ1) is 24.0. The number of rotatable bonds is 7.